The maximum absolute atomic E-state index is 9.76. The van der Waals surface area contributed by atoms with E-state index < -0.39 is 5.60 Å². The predicted molar refractivity (Wildman–Crippen MR) is 62.8 cm³/mol. The SMILES string of the molecule is CCN(CC(C)(C)O)c1ncccc1N. The minimum atomic E-state index is -0.750. The lowest BCUT2D eigenvalue weighted by atomic mass is 10.1. The van der Waals surface area contributed by atoms with E-state index in [-0.39, 0.29) is 0 Å². The van der Waals surface area contributed by atoms with Crippen LogP contribution in [0.3, 0.4) is 0 Å². The van der Waals surface area contributed by atoms with Crippen LogP contribution in [0.1, 0.15) is 20.8 Å². The van der Waals surface area contributed by atoms with Gasteiger partial charge in [0.15, 0.2) is 5.82 Å². The van der Waals surface area contributed by atoms with Crippen LogP contribution in [0.25, 0.3) is 0 Å². The highest BCUT2D eigenvalue weighted by molar-refractivity contribution is 5.62. The number of hydrogen-bond acceptors (Lipinski definition) is 4. The largest absolute Gasteiger partial charge is 0.396 e. The highest BCUT2D eigenvalue weighted by Gasteiger charge is 2.19. The molecule has 1 heterocycles. The smallest absolute Gasteiger partial charge is 0.151 e. The van der Waals surface area contributed by atoms with Gasteiger partial charge in [-0.05, 0) is 32.9 Å². The Balaban J connectivity index is 2.88. The Labute approximate surface area is 90.7 Å². The van der Waals surface area contributed by atoms with E-state index in [0.717, 1.165) is 12.4 Å². The fourth-order valence-electron chi connectivity index (χ4n) is 1.48. The molecule has 1 aromatic heterocycles. The highest BCUT2D eigenvalue weighted by atomic mass is 16.3. The van der Waals surface area contributed by atoms with Crippen molar-refractivity contribution in [1.82, 2.24) is 4.98 Å². The normalized spacial score (nSPS) is 11.5. The van der Waals surface area contributed by atoms with Crippen LogP contribution in [0.2, 0.25) is 0 Å². The lowest BCUT2D eigenvalue weighted by Gasteiger charge is -2.29. The van der Waals surface area contributed by atoms with Crippen LogP contribution < -0.4 is 10.6 Å². The lowest BCUT2D eigenvalue weighted by molar-refractivity contribution is 0.0874. The van der Waals surface area contributed by atoms with E-state index in [9.17, 15) is 5.11 Å². The Kier molecular flexibility index (Phi) is 3.52. The van der Waals surface area contributed by atoms with E-state index in [2.05, 4.69) is 4.98 Å². The first-order valence-electron chi connectivity index (χ1n) is 5.12. The monoisotopic (exact) mass is 209 g/mol. The molecule has 0 aromatic carbocycles. The Hall–Kier alpha value is -1.29. The molecular formula is C11H19N3O. The molecule has 0 saturated carbocycles. The molecule has 0 spiro atoms. The van der Waals surface area contributed by atoms with Crippen molar-refractivity contribution in [3.8, 4) is 0 Å². The van der Waals surface area contributed by atoms with Gasteiger partial charge >= 0.3 is 0 Å². The summed E-state index contributed by atoms with van der Waals surface area (Å²) in [5.74, 6) is 0.738. The van der Waals surface area contributed by atoms with Crippen LogP contribution in [0.5, 0.6) is 0 Å². The van der Waals surface area contributed by atoms with Crippen molar-refractivity contribution in [2.45, 2.75) is 26.4 Å². The summed E-state index contributed by atoms with van der Waals surface area (Å²) < 4.78 is 0. The number of anilines is 2. The number of rotatable bonds is 4. The van der Waals surface area contributed by atoms with Gasteiger partial charge in [0.1, 0.15) is 0 Å². The topological polar surface area (TPSA) is 62.4 Å². The molecule has 4 nitrogen and oxygen atoms in total. The molecule has 0 saturated heterocycles. The summed E-state index contributed by atoms with van der Waals surface area (Å²) in [5.41, 5.74) is 5.72. The number of nitrogen functional groups attached to an aromatic ring is 1. The standard InChI is InChI=1S/C11H19N3O/c1-4-14(8-11(2,3)15)10-9(12)6-5-7-13-10/h5-7,15H,4,8,12H2,1-3H3. The maximum Gasteiger partial charge on any atom is 0.151 e. The summed E-state index contributed by atoms with van der Waals surface area (Å²) in [6.45, 7) is 6.85. The van der Waals surface area contributed by atoms with E-state index >= 15 is 0 Å². The number of likely N-dealkylation sites (N-methyl/N-ethyl adjacent to an activating group) is 1. The van der Waals surface area contributed by atoms with Gasteiger partial charge in [0.25, 0.3) is 0 Å². The zero-order chi connectivity index (χ0) is 11.5. The van der Waals surface area contributed by atoms with Crippen molar-refractivity contribution in [3.63, 3.8) is 0 Å². The Morgan fingerprint density at radius 1 is 1.53 bits per heavy atom. The van der Waals surface area contributed by atoms with Crippen molar-refractivity contribution in [3.05, 3.63) is 18.3 Å². The van der Waals surface area contributed by atoms with Crippen molar-refractivity contribution >= 4 is 11.5 Å². The summed E-state index contributed by atoms with van der Waals surface area (Å²) >= 11 is 0. The average molecular weight is 209 g/mol. The van der Waals surface area contributed by atoms with Gasteiger partial charge in [-0.25, -0.2) is 4.98 Å². The van der Waals surface area contributed by atoms with Crippen molar-refractivity contribution in [2.24, 2.45) is 0 Å². The van der Waals surface area contributed by atoms with Crippen molar-refractivity contribution < 1.29 is 5.11 Å². The first-order valence-corrected chi connectivity index (χ1v) is 5.12. The molecule has 15 heavy (non-hydrogen) atoms. The van der Waals surface area contributed by atoms with Gasteiger partial charge in [-0.1, -0.05) is 0 Å². The Morgan fingerprint density at radius 2 is 2.20 bits per heavy atom. The zero-order valence-electron chi connectivity index (χ0n) is 9.57. The van der Waals surface area contributed by atoms with Crippen LogP contribution in [-0.2, 0) is 0 Å². The van der Waals surface area contributed by atoms with Gasteiger partial charge in [-0.15, -0.1) is 0 Å². The molecule has 0 aliphatic heterocycles. The molecule has 0 aliphatic rings. The molecule has 1 rings (SSSR count). The third-order valence-corrected chi connectivity index (χ3v) is 2.08. The lowest BCUT2D eigenvalue weighted by Crippen LogP contribution is -2.39. The van der Waals surface area contributed by atoms with Crippen LogP contribution in [0.15, 0.2) is 18.3 Å². The fourth-order valence-corrected chi connectivity index (χ4v) is 1.48. The van der Waals surface area contributed by atoms with Gasteiger partial charge < -0.3 is 15.7 Å². The van der Waals surface area contributed by atoms with E-state index in [1.54, 1.807) is 26.1 Å². The second-order valence-corrected chi connectivity index (χ2v) is 4.24. The maximum atomic E-state index is 9.76. The molecule has 0 fully saturated rings. The van der Waals surface area contributed by atoms with Crippen LogP contribution in [0.4, 0.5) is 11.5 Å². The number of aromatic nitrogens is 1. The molecule has 3 N–H and O–H groups in total. The third-order valence-electron chi connectivity index (χ3n) is 2.08. The van der Waals surface area contributed by atoms with Gasteiger partial charge in [0.05, 0.1) is 11.3 Å². The second kappa shape index (κ2) is 4.49. The van der Waals surface area contributed by atoms with Gasteiger partial charge in [0.2, 0.25) is 0 Å². The third kappa shape index (κ3) is 3.40. The van der Waals surface area contributed by atoms with Crippen LogP contribution >= 0.6 is 0 Å². The molecule has 1 aromatic rings. The molecule has 0 amide bonds. The van der Waals surface area contributed by atoms with E-state index in [1.807, 2.05) is 17.9 Å². The average Bonchev–Trinajstić information content (AvgIpc) is 2.14. The first kappa shape index (κ1) is 11.8. The summed E-state index contributed by atoms with van der Waals surface area (Å²) in [6, 6.07) is 3.62. The second-order valence-electron chi connectivity index (χ2n) is 4.24. The summed E-state index contributed by atoms with van der Waals surface area (Å²) in [4.78, 5) is 6.19. The van der Waals surface area contributed by atoms with Crippen LogP contribution in [-0.4, -0.2) is 28.8 Å². The minimum Gasteiger partial charge on any atom is -0.396 e. The zero-order valence-corrected chi connectivity index (χ0v) is 9.57. The molecule has 0 unspecified atom stereocenters. The molecule has 4 heteroatoms. The Morgan fingerprint density at radius 3 is 2.67 bits per heavy atom. The fraction of sp³-hybridized carbons (Fsp3) is 0.545. The summed E-state index contributed by atoms with van der Waals surface area (Å²) in [5, 5.41) is 9.76. The predicted octanol–water partition coefficient (Wildman–Crippen LogP) is 1.26. The molecular weight excluding hydrogens is 190 g/mol. The first-order chi connectivity index (χ1) is 6.94. The molecule has 0 bridgehead atoms. The van der Waals surface area contributed by atoms with E-state index in [0.29, 0.717) is 12.2 Å². The minimum absolute atomic E-state index is 0.519. The number of nitrogens with zero attached hydrogens (tertiary/aromatic N) is 2. The summed E-state index contributed by atoms with van der Waals surface area (Å²) in [6.07, 6.45) is 1.71. The van der Waals surface area contributed by atoms with Gasteiger partial charge in [-0.2, -0.15) is 0 Å². The molecule has 84 valence electrons. The number of hydrogen-bond donors (Lipinski definition) is 2. The number of aliphatic hydroxyl groups is 1. The van der Waals surface area contributed by atoms with E-state index in [1.165, 1.54) is 0 Å². The van der Waals surface area contributed by atoms with Gasteiger partial charge in [-0.3, -0.25) is 0 Å². The molecule has 0 radical (unpaired) electrons. The van der Waals surface area contributed by atoms with Crippen molar-refractivity contribution in [2.75, 3.05) is 23.7 Å². The molecule has 0 atom stereocenters. The summed E-state index contributed by atoms with van der Waals surface area (Å²) in [7, 11) is 0. The highest BCUT2D eigenvalue weighted by Crippen LogP contribution is 2.20. The molecule has 0 aliphatic carbocycles. The number of pyridine rings is 1. The quantitative estimate of drug-likeness (QED) is 0.783. The van der Waals surface area contributed by atoms with Crippen LogP contribution in [0, 0.1) is 0 Å². The van der Waals surface area contributed by atoms with E-state index in [4.69, 9.17) is 5.73 Å². The Bertz CT molecular complexity index is 320. The van der Waals surface area contributed by atoms with Crippen molar-refractivity contribution in [1.29, 1.82) is 0 Å². The number of nitrogens with two attached hydrogens (primary N) is 1. The van der Waals surface area contributed by atoms with Gasteiger partial charge in [0, 0.05) is 19.3 Å².